The first-order chi connectivity index (χ1) is 12.1. The van der Waals surface area contributed by atoms with Crippen molar-refractivity contribution in [3.63, 3.8) is 0 Å². The van der Waals surface area contributed by atoms with Gasteiger partial charge in [-0.15, -0.1) is 0 Å². The van der Waals surface area contributed by atoms with Crippen molar-refractivity contribution in [3.8, 4) is 6.07 Å². The van der Waals surface area contributed by atoms with Gasteiger partial charge in [0.1, 0.15) is 6.04 Å². The maximum Gasteiger partial charge on any atom is 0.289 e. The van der Waals surface area contributed by atoms with Crippen LogP contribution < -0.4 is 4.90 Å². The summed E-state index contributed by atoms with van der Waals surface area (Å²) in [5, 5.41) is 9.64. The molecule has 1 aromatic heterocycles. The zero-order chi connectivity index (χ0) is 17.8. The average Bonchev–Trinajstić information content (AvgIpc) is 3.17. The minimum atomic E-state index is -0.294. The third-order valence-electron chi connectivity index (χ3n) is 4.55. The molecule has 2 aromatic rings. The number of anilines is 1. The number of benzene rings is 1. The summed E-state index contributed by atoms with van der Waals surface area (Å²) in [5.41, 5.74) is 2.09. The van der Waals surface area contributed by atoms with Crippen molar-refractivity contribution in [1.29, 1.82) is 5.26 Å². The zero-order valence-corrected chi connectivity index (χ0v) is 14.6. The number of amides is 1. The molecule has 1 amide bonds. The first-order valence-corrected chi connectivity index (χ1v) is 8.34. The highest BCUT2D eigenvalue weighted by Gasteiger charge is 2.28. The molecule has 1 saturated heterocycles. The molecule has 0 spiro atoms. The summed E-state index contributed by atoms with van der Waals surface area (Å²) in [7, 11) is 3.98. The van der Waals surface area contributed by atoms with E-state index in [-0.39, 0.29) is 11.9 Å². The van der Waals surface area contributed by atoms with E-state index < -0.39 is 0 Å². The highest BCUT2D eigenvalue weighted by Crippen LogP contribution is 2.24. The fourth-order valence-electron chi connectivity index (χ4n) is 3.06. The maximum atomic E-state index is 12.3. The molecule has 1 atom stereocenters. The summed E-state index contributed by atoms with van der Waals surface area (Å²) >= 11 is 0. The number of nitriles is 1. The van der Waals surface area contributed by atoms with E-state index in [2.05, 4.69) is 11.0 Å². The lowest BCUT2D eigenvalue weighted by atomic mass is 10.0. The van der Waals surface area contributed by atoms with Crippen molar-refractivity contribution in [1.82, 2.24) is 9.80 Å². The van der Waals surface area contributed by atoms with Crippen LogP contribution in [0.2, 0.25) is 0 Å². The van der Waals surface area contributed by atoms with Crippen molar-refractivity contribution in [2.45, 2.75) is 6.04 Å². The fourth-order valence-corrected chi connectivity index (χ4v) is 3.06. The second kappa shape index (κ2) is 7.41. The molecule has 0 N–H and O–H groups in total. The number of carbonyl (C=O) groups excluding carboxylic acids is 1. The van der Waals surface area contributed by atoms with Crippen LogP contribution in [0.3, 0.4) is 0 Å². The van der Waals surface area contributed by atoms with Gasteiger partial charge in [-0.3, -0.25) is 9.69 Å². The normalized spacial score (nSPS) is 16.3. The van der Waals surface area contributed by atoms with E-state index in [4.69, 9.17) is 4.42 Å². The van der Waals surface area contributed by atoms with Crippen LogP contribution in [-0.2, 0) is 0 Å². The monoisotopic (exact) mass is 338 g/mol. The van der Waals surface area contributed by atoms with Gasteiger partial charge >= 0.3 is 0 Å². The smallest absolute Gasteiger partial charge is 0.289 e. The Balaban J connectivity index is 1.64. The van der Waals surface area contributed by atoms with Crippen molar-refractivity contribution in [2.24, 2.45) is 0 Å². The lowest BCUT2D eigenvalue weighted by Gasteiger charge is -2.36. The Labute approximate surface area is 147 Å². The van der Waals surface area contributed by atoms with Crippen molar-refractivity contribution < 1.29 is 9.21 Å². The molecule has 25 heavy (non-hydrogen) atoms. The lowest BCUT2D eigenvalue weighted by molar-refractivity contribution is 0.0576. The minimum Gasteiger partial charge on any atom is -0.459 e. The number of rotatable bonds is 4. The summed E-state index contributed by atoms with van der Waals surface area (Å²) in [6, 6.07) is 13.6. The lowest BCUT2D eigenvalue weighted by Crippen LogP contribution is -2.49. The Morgan fingerprint density at radius 3 is 2.36 bits per heavy atom. The van der Waals surface area contributed by atoms with Crippen LogP contribution in [0.5, 0.6) is 0 Å². The van der Waals surface area contributed by atoms with Gasteiger partial charge in [0.05, 0.1) is 12.3 Å². The number of hydrogen-bond acceptors (Lipinski definition) is 5. The van der Waals surface area contributed by atoms with E-state index >= 15 is 0 Å². The fraction of sp³-hybridized carbons (Fsp3) is 0.368. The average molecular weight is 338 g/mol. The molecule has 1 aromatic carbocycles. The van der Waals surface area contributed by atoms with E-state index in [9.17, 15) is 10.1 Å². The summed E-state index contributed by atoms with van der Waals surface area (Å²) in [6.07, 6.45) is 1.51. The van der Waals surface area contributed by atoms with Crippen LogP contribution >= 0.6 is 0 Å². The van der Waals surface area contributed by atoms with Gasteiger partial charge < -0.3 is 14.2 Å². The van der Waals surface area contributed by atoms with Crippen molar-refractivity contribution in [2.75, 3.05) is 45.2 Å². The predicted octanol–water partition coefficient (Wildman–Crippen LogP) is 2.37. The highest BCUT2D eigenvalue weighted by atomic mass is 16.3. The van der Waals surface area contributed by atoms with E-state index in [1.54, 1.807) is 17.0 Å². The molecular weight excluding hydrogens is 316 g/mol. The summed E-state index contributed by atoms with van der Waals surface area (Å²) in [6.45, 7) is 2.52. The topological polar surface area (TPSA) is 63.7 Å². The second-order valence-corrected chi connectivity index (χ2v) is 6.32. The standard InChI is InChI=1S/C19H22N4O2/c1-21(2)16-7-5-15(6-8-16)17(14-20)22-9-11-23(12-10-22)19(24)18-4-3-13-25-18/h3-8,13,17H,9-12H2,1-2H3. The molecule has 0 radical (unpaired) electrons. The predicted molar refractivity (Wildman–Crippen MR) is 95.3 cm³/mol. The van der Waals surface area contributed by atoms with E-state index in [1.807, 2.05) is 43.3 Å². The molecule has 0 saturated carbocycles. The van der Waals surface area contributed by atoms with E-state index in [1.165, 1.54) is 6.26 Å². The third-order valence-corrected chi connectivity index (χ3v) is 4.55. The molecule has 6 heteroatoms. The summed E-state index contributed by atoms with van der Waals surface area (Å²) in [5.74, 6) is 0.276. The van der Waals surface area contributed by atoms with Gasteiger partial charge in [-0.1, -0.05) is 12.1 Å². The molecule has 1 unspecified atom stereocenters. The van der Waals surface area contributed by atoms with Gasteiger partial charge in [0.25, 0.3) is 5.91 Å². The van der Waals surface area contributed by atoms with Crippen LogP contribution in [0, 0.1) is 11.3 Å². The Morgan fingerprint density at radius 1 is 1.16 bits per heavy atom. The highest BCUT2D eigenvalue weighted by molar-refractivity contribution is 5.91. The molecule has 3 rings (SSSR count). The molecule has 6 nitrogen and oxygen atoms in total. The Morgan fingerprint density at radius 2 is 1.84 bits per heavy atom. The van der Waals surface area contributed by atoms with Crippen LogP contribution in [0.25, 0.3) is 0 Å². The van der Waals surface area contributed by atoms with Gasteiger partial charge in [0, 0.05) is 46.0 Å². The van der Waals surface area contributed by atoms with Crippen molar-refractivity contribution in [3.05, 3.63) is 54.0 Å². The molecule has 130 valence electrons. The molecule has 1 aliphatic rings. The molecule has 0 bridgehead atoms. The first-order valence-electron chi connectivity index (χ1n) is 8.34. The van der Waals surface area contributed by atoms with Crippen LogP contribution in [0.4, 0.5) is 5.69 Å². The molecule has 1 aliphatic heterocycles. The maximum absolute atomic E-state index is 12.3. The number of carbonyl (C=O) groups is 1. The number of furan rings is 1. The SMILES string of the molecule is CN(C)c1ccc(C(C#N)N2CCN(C(=O)c3ccco3)CC2)cc1. The molecule has 0 aliphatic carbocycles. The summed E-state index contributed by atoms with van der Waals surface area (Å²) < 4.78 is 5.18. The number of hydrogen-bond donors (Lipinski definition) is 0. The van der Waals surface area contributed by atoms with Crippen molar-refractivity contribution >= 4 is 11.6 Å². The second-order valence-electron chi connectivity index (χ2n) is 6.32. The number of piperazine rings is 1. The molecule has 2 heterocycles. The summed E-state index contributed by atoms with van der Waals surface area (Å²) in [4.78, 5) is 18.3. The molecular formula is C19H22N4O2. The zero-order valence-electron chi connectivity index (χ0n) is 14.6. The largest absolute Gasteiger partial charge is 0.459 e. The van der Waals surface area contributed by atoms with Gasteiger partial charge in [-0.05, 0) is 29.8 Å². The Bertz CT molecular complexity index is 739. The van der Waals surface area contributed by atoms with Crippen LogP contribution in [0.1, 0.15) is 22.2 Å². The van der Waals surface area contributed by atoms with Crippen LogP contribution in [0.15, 0.2) is 47.1 Å². The third kappa shape index (κ3) is 3.67. The Hall–Kier alpha value is -2.78. The van der Waals surface area contributed by atoms with Gasteiger partial charge in [0.15, 0.2) is 5.76 Å². The van der Waals surface area contributed by atoms with Crippen LogP contribution in [-0.4, -0.2) is 56.0 Å². The van der Waals surface area contributed by atoms with E-state index in [0.717, 1.165) is 11.3 Å². The first kappa shape index (κ1) is 17.1. The molecule has 1 fully saturated rings. The number of nitrogens with zero attached hydrogens (tertiary/aromatic N) is 4. The van der Waals surface area contributed by atoms with Gasteiger partial charge in [-0.25, -0.2) is 0 Å². The quantitative estimate of drug-likeness (QED) is 0.856. The Kier molecular flexibility index (Phi) is 5.05. The minimum absolute atomic E-state index is 0.0894. The van der Waals surface area contributed by atoms with Gasteiger partial charge in [0.2, 0.25) is 0 Å². The van der Waals surface area contributed by atoms with E-state index in [0.29, 0.717) is 31.9 Å². The van der Waals surface area contributed by atoms with Gasteiger partial charge in [-0.2, -0.15) is 5.26 Å².